The molecule has 0 radical (unpaired) electrons. The topological polar surface area (TPSA) is 186 Å². The average Bonchev–Trinajstić information content (AvgIpc) is 3.41. The number of hydrogen-bond donors (Lipinski definition) is 4. The number of ether oxygens (including phenoxy) is 1. The molecule has 13 nitrogen and oxygen atoms in total. The highest BCUT2D eigenvalue weighted by molar-refractivity contribution is 5.89. The van der Waals surface area contributed by atoms with Crippen LogP contribution in [0, 0.1) is 6.92 Å². The zero-order chi connectivity index (χ0) is 23.4. The molecule has 3 heterocycles. The van der Waals surface area contributed by atoms with Gasteiger partial charge in [0.2, 0.25) is 0 Å². The molecule has 13 heteroatoms. The maximum atomic E-state index is 11.9. The van der Waals surface area contributed by atoms with Gasteiger partial charge in [-0.1, -0.05) is 5.21 Å². The first-order valence-corrected chi connectivity index (χ1v) is 9.68. The smallest absolute Gasteiger partial charge is 0.341 e. The lowest BCUT2D eigenvalue weighted by atomic mass is 10.1. The van der Waals surface area contributed by atoms with E-state index in [1.165, 1.54) is 27.7 Å². The molecule has 4 N–H and O–H groups in total. The molecule has 0 bridgehead atoms. The third kappa shape index (κ3) is 5.19. The first-order chi connectivity index (χ1) is 15.2. The minimum Gasteiger partial charge on any atom is -0.466 e. The number of aryl methyl sites for hydroxylation is 1. The van der Waals surface area contributed by atoms with Crippen molar-refractivity contribution in [2.45, 2.75) is 45.2 Å². The van der Waals surface area contributed by atoms with Crippen LogP contribution >= 0.6 is 0 Å². The fourth-order valence-corrected chi connectivity index (χ4v) is 2.92. The Labute approximate surface area is 180 Å². The summed E-state index contributed by atoms with van der Waals surface area (Å²) in [5.74, 6) is -0.761. The number of esters is 1. The summed E-state index contributed by atoms with van der Waals surface area (Å²) in [6.45, 7) is 3.17. The van der Waals surface area contributed by atoms with Crippen LogP contribution in [0.1, 0.15) is 40.4 Å². The van der Waals surface area contributed by atoms with Gasteiger partial charge in [0.1, 0.15) is 36.0 Å². The number of aromatic nitrogens is 5. The van der Waals surface area contributed by atoms with Gasteiger partial charge in [-0.2, -0.15) is 0 Å². The Hall–Kier alpha value is -3.55. The minimum atomic E-state index is -1.66. The maximum Gasteiger partial charge on any atom is 0.341 e. The summed E-state index contributed by atoms with van der Waals surface area (Å²) in [5.41, 5.74) is -0.290. The fraction of sp³-hybridized carbons (Fsp3) is 0.421. The van der Waals surface area contributed by atoms with Crippen molar-refractivity contribution in [3.8, 4) is 0 Å². The van der Waals surface area contributed by atoms with Gasteiger partial charge in [0.25, 0.3) is 5.56 Å². The number of nitrogens with zero attached hydrogens (tertiary/aromatic N) is 4. The van der Waals surface area contributed by atoms with Gasteiger partial charge < -0.3 is 24.5 Å². The monoisotopic (exact) mass is 449 g/mol. The minimum absolute atomic E-state index is 0.0285. The molecule has 0 aliphatic carbocycles. The third-order valence-corrected chi connectivity index (χ3v) is 4.62. The van der Waals surface area contributed by atoms with Crippen LogP contribution in [-0.2, 0) is 17.8 Å². The Morgan fingerprint density at radius 1 is 1.28 bits per heavy atom. The van der Waals surface area contributed by atoms with Crippen molar-refractivity contribution < 1.29 is 29.3 Å². The maximum absolute atomic E-state index is 11.9. The number of aliphatic hydroxyl groups is 3. The number of aromatic amines is 1. The number of nitrogens with one attached hydrogen (secondary N) is 1. The van der Waals surface area contributed by atoms with Crippen LogP contribution in [0.5, 0.6) is 0 Å². The quantitative estimate of drug-likeness (QED) is 0.286. The normalized spacial score (nSPS) is 14.2. The standard InChI is InChI=1S/C19H23N5O8/c1-3-31-18(29)11-4-14(32-9-11)16(27)15(26)13(25)8-24-7-12(21-22-24)6-23-5-10(2)17(28)20-19(23)30/h4-5,7,9,13,15-16,25-27H,3,6,8H2,1-2H3,(H,20,28,30)/t13-,15-,16-/m1/s1. The predicted molar refractivity (Wildman–Crippen MR) is 107 cm³/mol. The lowest BCUT2D eigenvalue weighted by molar-refractivity contribution is -0.0739. The highest BCUT2D eigenvalue weighted by atomic mass is 16.5. The lowest BCUT2D eigenvalue weighted by Crippen LogP contribution is -2.35. The Bertz CT molecular complexity index is 1190. The molecule has 0 aromatic carbocycles. The van der Waals surface area contributed by atoms with Crippen molar-refractivity contribution in [3.05, 3.63) is 68.1 Å². The van der Waals surface area contributed by atoms with E-state index in [9.17, 15) is 29.7 Å². The molecule has 0 fully saturated rings. The second kappa shape index (κ2) is 9.72. The van der Waals surface area contributed by atoms with Crippen LogP contribution < -0.4 is 11.2 Å². The molecule has 3 atom stereocenters. The number of rotatable bonds is 9. The van der Waals surface area contributed by atoms with Crippen molar-refractivity contribution in [3.63, 3.8) is 0 Å². The molecule has 0 aliphatic heterocycles. The van der Waals surface area contributed by atoms with E-state index in [2.05, 4.69) is 15.3 Å². The molecule has 3 aromatic heterocycles. The SMILES string of the molecule is CCOC(=O)c1coc([C@@H](O)[C@H](O)[C@H](O)Cn2cc(Cn3cc(C)c(=O)[nH]c3=O)nn2)c1. The summed E-state index contributed by atoms with van der Waals surface area (Å²) in [6.07, 6.45) is -0.815. The molecule has 0 amide bonds. The van der Waals surface area contributed by atoms with Crippen LogP contribution in [0.2, 0.25) is 0 Å². The van der Waals surface area contributed by atoms with Crippen LogP contribution in [0.4, 0.5) is 0 Å². The molecule has 0 saturated carbocycles. The second-order valence-corrected chi connectivity index (χ2v) is 7.09. The van der Waals surface area contributed by atoms with Gasteiger partial charge in [0, 0.05) is 11.8 Å². The highest BCUT2D eigenvalue weighted by Gasteiger charge is 2.29. The molecule has 0 unspecified atom stereocenters. The van der Waals surface area contributed by atoms with Crippen molar-refractivity contribution in [2.24, 2.45) is 0 Å². The number of hydrogen-bond acceptors (Lipinski definition) is 10. The van der Waals surface area contributed by atoms with E-state index < -0.39 is 35.5 Å². The molecule has 172 valence electrons. The van der Waals surface area contributed by atoms with E-state index >= 15 is 0 Å². The van der Waals surface area contributed by atoms with Crippen molar-refractivity contribution in [2.75, 3.05) is 6.61 Å². The van der Waals surface area contributed by atoms with Gasteiger partial charge in [0.05, 0.1) is 31.5 Å². The van der Waals surface area contributed by atoms with E-state index in [-0.39, 0.29) is 31.0 Å². The van der Waals surface area contributed by atoms with Crippen LogP contribution in [-0.4, -0.2) is 64.6 Å². The largest absolute Gasteiger partial charge is 0.466 e. The van der Waals surface area contributed by atoms with Gasteiger partial charge >= 0.3 is 11.7 Å². The first kappa shape index (κ1) is 23.1. The Balaban J connectivity index is 1.63. The Morgan fingerprint density at radius 3 is 2.75 bits per heavy atom. The van der Waals surface area contributed by atoms with Crippen LogP contribution in [0.15, 0.2) is 38.7 Å². The number of carbonyl (C=O) groups is 1. The Kier molecular flexibility index (Phi) is 7.02. The molecular formula is C19H23N5O8. The summed E-state index contributed by atoms with van der Waals surface area (Å²) in [7, 11) is 0. The third-order valence-electron chi connectivity index (χ3n) is 4.62. The average molecular weight is 449 g/mol. The summed E-state index contributed by atoms with van der Waals surface area (Å²) < 4.78 is 12.4. The molecule has 0 spiro atoms. The van der Waals surface area contributed by atoms with Gasteiger partial charge in [-0.15, -0.1) is 5.10 Å². The number of H-pyrrole nitrogens is 1. The van der Waals surface area contributed by atoms with Crippen molar-refractivity contribution in [1.29, 1.82) is 0 Å². The fourth-order valence-electron chi connectivity index (χ4n) is 2.92. The van der Waals surface area contributed by atoms with Gasteiger partial charge in [-0.3, -0.25) is 14.3 Å². The summed E-state index contributed by atoms with van der Waals surface area (Å²) >= 11 is 0. The number of furan rings is 1. The van der Waals surface area contributed by atoms with E-state index in [4.69, 9.17) is 9.15 Å². The molecule has 0 aliphatic rings. The molecule has 0 saturated heterocycles. The number of carbonyl (C=O) groups excluding carboxylic acids is 1. The van der Waals surface area contributed by atoms with Crippen molar-refractivity contribution >= 4 is 5.97 Å². The van der Waals surface area contributed by atoms with E-state index in [0.29, 0.717) is 11.3 Å². The highest BCUT2D eigenvalue weighted by Crippen LogP contribution is 2.22. The van der Waals surface area contributed by atoms with E-state index in [1.54, 1.807) is 13.8 Å². The predicted octanol–water partition coefficient (Wildman–Crippen LogP) is -1.29. The van der Waals surface area contributed by atoms with Crippen molar-refractivity contribution in [1.82, 2.24) is 24.5 Å². The van der Waals surface area contributed by atoms with Gasteiger partial charge in [0.15, 0.2) is 0 Å². The molecule has 3 aromatic rings. The summed E-state index contributed by atoms with van der Waals surface area (Å²) in [4.78, 5) is 37.2. The zero-order valence-corrected chi connectivity index (χ0v) is 17.3. The summed E-state index contributed by atoms with van der Waals surface area (Å²) in [6, 6.07) is 1.22. The molecule has 3 rings (SSSR count). The Morgan fingerprint density at radius 2 is 2.03 bits per heavy atom. The molecule has 32 heavy (non-hydrogen) atoms. The van der Waals surface area contributed by atoms with E-state index in [0.717, 1.165) is 6.26 Å². The zero-order valence-electron chi connectivity index (χ0n) is 17.3. The van der Waals surface area contributed by atoms with Gasteiger partial charge in [-0.05, 0) is 19.9 Å². The number of aliphatic hydroxyl groups excluding tert-OH is 3. The van der Waals surface area contributed by atoms with Gasteiger partial charge in [-0.25, -0.2) is 14.3 Å². The second-order valence-electron chi connectivity index (χ2n) is 7.09. The summed E-state index contributed by atoms with van der Waals surface area (Å²) in [5, 5.41) is 38.6. The first-order valence-electron chi connectivity index (χ1n) is 9.68. The van der Waals surface area contributed by atoms with Crippen LogP contribution in [0.3, 0.4) is 0 Å². The van der Waals surface area contributed by atoms with E-state index in [1.807, 2.05) is 0 Å². The lowest BCUT2D eigenvalue weighted by Gasteiger charge is -2.21. The van der Waals surface area contributed by atoms with Crippen LogP contribution in [0.25, 0.3) is 0 Å². The molecular weight excluding hydrogens is 426 g/mol.